The molecule has 1 fully saturated rings. The number of rotatable bonds is 5. The third-order valence-electron chi connectivity index (χ3n) is 3.72. The summed E-state index contributed by atoms with van der Waals surface area (Å²) >= 11 is 0. The van der Waals surface area contributed by atoms with Gasteiger partial charge >= 0.3 is 0 Å². The Morgan fingerprint density at radius 2 is 1.84 bits per heavy atom. The van der Waals surface area contributed by atoms with E-state index in [1.54, 1.807) is 24.3 Å². The van der Waals surface area contributed by atoms with Crippen LogP contribution < -0.4 is 0 Å². The van der Waals surface area contributed by atoms with Gasteiger partial charge in [0.1, 0.15) is 5.75 Å². The number of carbonyl (C=O) groups is 1. The summed E-state index contributed by atoms with van der Waals surface area (Å²) in [6, 6.07) is 7.00. The summed E-state index contributed by atoms with van der Waals surface area (Å²) in [6.07, 6.45) is 4.75. The molecule has 0 unspecified atom stereocenters. The normalized spacial score (nSPS) is 15.6. The fourth-order valence-electron chi connectivity index (χ4n) is 2.72. The first kappa shape index (κ1) is 13.9. The highest BCUT2D eigenvalue weighted by Crippen LogP contribution is 2.24. The van der Waals surface area contributed by atoms with Crippen molar-refractivity contribution in [3.63, 3.8) is 0 Å². The van der Waals surface area contributed by atoms with E-state index in [0.29, 0.717) is 13.0 Å². The van der Waals surface area contributed by atoms with Crippen molar-refractivity contribution in [2.24, 2.45) is 0 Å². The summed E-state index contributed by atoms with van der Waals surface area (Å²) in [5.41, 5.74) is 0.892. The van der Waals surface area contributed by atoms with Gasteiger partial charge in [-0.2, -0.15) is 0 Å². The maximum absolute atomic E-state index is 12.3. The molecule has 0 heterocycles. The van der Waals surface area contributed by atoms with Gasteiger partial charge in [0.05, 0.1) is 13.0 Å². The Morgan fingerprint density at radius 3 is 2.42 bits per heavy atom. The van der Waals surface area contributed by atoms with Crippen LogP contribution in [0.5, 0.6) is 5.75 Å². The highest BCUT2D eigenvalue weighted by molar-refractivity contribution is 5.79. The standard InChI is InChI=1S/C15H21NO3/c17-10-9-16(13-3-1-2-4-13)15(19)11-12-5-7-14(18)8-6-12/h5-8,13,17-18H,1-4,9-11H2. The summed E-state index contributed by atoms with van der Waals surface area (Å²) in [4.78, 5) is 14.1. The number of aliphatic hydroxyl groups excluding tert-OH is 1. The molecule has 0 aromatic heterocycles. The van der Waals surface area contributed by atoms with Crippen molar-refractivity contribution in [2.75, 3.05) is 13.2 Å². The highest BCUT2D eigenvalue weighted by Gasteiger charge is 2.25. The van der Waals surface area contributed by atoms with Crippen LogP contribution in [-0.2, 0) is 11.2 Å². The Morgan fingerprint density at radius 1 is 1.21 bits per heavy atom. The minimum atomic E-state index is 0.0117. The number of nitrogens with zero attached hydrogens (tertiary/aromatic N) is 1. The maximum atomic E-state index is 12.3. The molecule has 0 spiro atoms. The molecule has 19 heavy (non-hydrogen) atoms. The molecule has 0 radical (unpaired) electrons. The Bertz CT molecular complexity index is 410. The summed E-state index contributed by atoms with van der Waals surface area (Å²) in [6.45, 7) is 0.430. The fourth-order valence-corrected chi connectivity index (χ4v) is 2.72. The van der Waals surface area contributed by atoms with E-state index >= 15 is 0 Å². The second-order valence-corrected chi connectivity index (χ2v) is 5.09. The van der Waals surface area contributed by atoms with Gasteiger partial charge in [-0.15, -0.1) is 0 Å². The highest BCUT2D eigenvalue weighted by atomic mass is 16.3. The molecule has 2 N–H and O–H groups in total. The average Bonchev–Trinajstić information content (AvgIpc) is 2.92. The minimum absolute atomic E-state index is 0.0117. The minimum Gasteiger partial charge on any atom is -0.508 e. The van der Waals surface area contributed by atoms with E-state index in [9.17, 15) is 9.90 Å². The van der Waals surface area contributed by atoms with Gasteiger partial charge in [0.15, 0.2) is 0 Å². The molecular weight excluding hydrogens is 242 g/mol. The Kier molecular flexibility index (Phi) is 4.80. The molecule has 1 saturated carbocycles. The first-order valence-corrected chi connectivity index (χ1v) is 6.89. The van der Waals surface area contributed by atoms with E-state index in [-0.39, 0.29) is 24.3 Å². The molecule has 0 saturated heterocycles. The number of hydrogen-bond acceptors (Lipinski definition) is 3. The van der Waals surface area contributed by atoms with Gasteiger partial charge in [-0.05, 0) is 30.5 Å². The zero-order valence-electron chi connectivity index (χ0n) is 11.1. The van der Waals surface area contributed by atoms with Crippen LogP contribution in [0.2, 0.25) is 0 Å². The van der Waals surface area contributed by atoms with Gasteiger partial charge in [-0.1, -0.05) is 25.0 Å². The lowest BCUT2D eigenvalue weighted by Crippen LogP contribution is -2.41. The van der Waals surface area contributed by atoms with Crippen LogP contribution in [0.4, 0.5) is 0 Å². The molecule has 4 heteroatoms. The third kappa shape index (κ3) is 3.70. The van der Waals surface area contributed by atoms with E-state index in [2.05, 4.69) is 0 Å². The summed E-state index contributed by atoms with van der Waals surface area (Å²) < 4.78 is 0. The van der Waals surface area contributed by atoms with E-state index in [4.69, 9.17) is 5.11 Å². The van der Waals surface area contributed by atoms with Gasteiger partial charge in [0.2, 0.25) is 5.91 Å². The molecule has 1 aliphatic rings. The van der Waals surface area contributed by atoms with Crippen LogP contribution in [0.3, 0.4) is 0 Å². The molecule has 4 nitrogen and oxygen atoms in total. The lowest BCUT2D eigenvalue weighted by atomic mass is 10.1. The molecule has 0 bridgehead atoms. The van der Waals surface area contributed by atoms with Crippen molar-refractivity contribution in [3.8, 4) is 5.75 Å². The molecule has 0 atom stereocenters. The van der Waals surface area contributed by atoms with Crippen LogP contribution in [0, 0.1) is 0 Å². The number of aromatic hydroxyl groups is 1. The van der Waals surface area contributed by atoms with E-state index in [1.165, 1.54) is 12.8 Å². The largest absolute Gasteiger partial charge is 0.508 e. The second kappa shape index (κ2) is 6.57. The number of hydrogen-bond donors (Lipinski definition) is 2. The Labute approximate surface area is 113 Å². The van der Waals surface area contributed by atoms with Crippen molar-refractivity contribution in [3.05, 3.63) is 29.8 Å². The first-order chi connectivity index (χ1) is 9.20. The third-order valence-corrected chi connectivity index (χ3v) is 3.72. The molecular formula is C15H21NO3. The van der Waals surface area contributed by atoms with Crippen molar-refractivity contribution in [1.29, 1.82) is 0 Å². The quantitative estimate of drug-likeness (QED) is 0.850. The van der Waals surface area contributed by atoms with Crippen molar-refractivity contribution >= 4 is 5.91 Å². The van der Waals surface area contributed by atoms with Crippen LogP contribution in [0.1, 0.15) is 31.2 Å². The summed E-state index contributed by atoms with van der Waals surface area (Å²) in [7, 11) is 0. The molecule has 1 aliphatic carbocycles. The number of aliphatic hydroxyl groups is 1. The molecule has 1 amide bonds. The predicted octanol–water partition coefficient (Wildman–Crippen LogP) is 1.70. The number of amides is 1. The van der Waals surface area contributed by atoms with Crippen LogP contribution >= 0.6 is 0 Å². The van der Waals surface area contributed by atoms with Gasteiger partial charge in [0, 0.05) is 12.6 Å². The topological polar surface area (TPSA) is 60.8 Å². The van der Waals surface area contributed by atoms with Crippen molar-refractivity contribution < 1.29 is 15.0 Å². The van der Waals surface area contributed by atoms with E-state index in [0.717, 1.165) is 18.4 Å². The number of phenols is 1. The van der Waals surface area contributed by atoms with Crippen molar-refractivity contribution in [1.82, 2.24) is 4.90 Å². The zero-order valence-corrected chi connectivity index (χ0v) is 11.1. The lowest BCUT2D eigenvalue weighted by molar-refractivity contribution is -0.133. The molecule has 1 aromatic rings. The van der Waals surface area contributed by atoms with E-state index < -0.39 is 0 Å². The Hall–Kier alpha value is -1.55. The SMILES string of the molecule is O=C(Cc1ccc(O)cc1)N(CCO)C1CCCC1. The van der Waals surface area contributed by atoms with Gasteiger partial charge in [-0.25, -0.2) is 0 Å². The summed E-state index contributed by atoms with van der Waals surface area (Å²) in [5, 5.41) is 18.3. The van der Waals surface area contributed by atoms with Gasteiger partial charge < -0.3 is 15.1 Å². The predicted molar refractivity (Wildman–Crippen MR) is 72.9 cm³/mol. The number of benzene rings is 1. The fraction of sp³-hybridized carbons (Fsp3) is 0.533. The van der Waals surface area contributed by atoms with Gasteiger partial charge in [-0.3, -0.25) is 4.79 Å². The average molecular weight is 263 g/mol. The number of carbonyl (C=O) groups excluding carboxylic acids is 1. The monoisotopic (exact) mass is 263 g/mol. The maximum Gasteiger partial charge on any atom is 0.227 e. The smallest absolute Gasteiger partial charge is 0.227 e. The first-order valence-electron chi connectivity index (χ1n) is 6.89. The molecule has 0 aliphatic heterocycles. The Balaban J connectivity index is 2.00. The molecule has 2 rings (SSSR count). The van der Waals surface area contributed by atoms with E-state index in [1.807, 2.05) is 4.90 Å². The van der Waals surface area contributed by atoms with Crippen LogP contribution in [-0.4, -0.2) is 40.2 Å². The summed E-state index contributed by atoms with van der Waals surface area (Å²) in [5.74, 6) is 0.269. The van der Waals surface area contributed by atoms with Crippen molar-refractivity contribution in [2.45, 2.75) is 38.1 Å². The second-order valence-electron chi connectivity index (χ2n) is 5.09. The molecule has 104 valence electrons. The van der Waals surface area contributed by atoms with Crippen LogP contribution in [0.15, 0.2) is 24.3 Å². The van der Waals surface area contributed by atoms with Gasteiger partial charge in [0.25, 0.3) is 0 Å². The molecule has 1 aromatic carbocycles. The lowest BCUT2D eigenvalue weighted by Gasteiger charge is -2.28. The number of phenolic OH excluding ortho intramolecular Hbond substituents is 1. The zero-order chi connectivity index (χ0) is 13.7. The van der Waals surface area contributed by atoms with Crippen LogP contribution in [0.25, 0.3) is 0 Å².